The van der Waals surface area contributed by atoms with Gasteiger partial charge in [0, 0.05) is 4.88 Å². The van der Waals surface area contributed by atoms with Crippen LogP contribution in [-0.2, 0) is 25.5 Å². The summed E-state index contributed by atoms with van der Waals surface area (Å²) >= 11 is 1.28. The Labute approximate surface area is 173 Å². The molecule has 1 amide bonds. The van der Waals surface area contributed by atoms with Crippen LogP contribution in [-0.4, -0.2) is 38.7 Å². The first-order valence-electron chi connectivity index (χ1n) is 9.17. The van der Waals surface area contributed by atoms with Crippen molar-refractivity contribution in [2.75, 3.05) is 26.1 Å². The first kappa shape index (κ1) is 20.9. The molecule has 1 heterocycles. The van der Waals surface area contributed by atoms with Gasteiger partial charge in [-0.25, -0.2) is 4.79 Å². The van der Waals surface area contributed by atoms with E-state index in [1.54, 1.807) is 6.07 Å². The lowest BCUT2D eigenvalue weighted by molar-refractivity contribution is -0.142. The lowest BCUT2D eigenvalue weighted by atomic mass is 9.99. The van der Waals surface area contributed by atoms with Gasteiger partial charge in [-0.15, -0.1) is 11.3 Å². The Morgan fingerprint density at radius 1 is 1.17 bits per heavy atom. The van der Waals surface area contributed by atoms with E-state index in [4.69, 9.17) is 14.2 Å². The van der Waals surface area contributed by atoms with Crippen LogP contribution in [0, 0.1) is 13.8 Å². The molecule has 0 saturated carbocycles. The fourth-order valence-electron chi connectivity index (χ4n) is 3.42. The second kappa shape index (κ2) is 8.65. The van der Waals surface area contributed by atoms with E-state index in [0.29, 0.717) is 29.2 Å². The van der Waals surface area contributed by atoms with Gasteiger partial charge in [0.15, 0.2) is 6.61 Å². The van der Waals surface area contributed by atoms with Crippen LogP contribution in [0.1, 0.15) is 44.3 Å². The van der Waals surface area contributed by atoms with E-state index < -0.39 is 23.8 Å². The van der Waals surface area contributed by atoms with Gasteiger partial charge >= 0.3 is 11.9 Å². The number of fused-ring (bicyclic) bond motifs is 1. The number of methoxy groups -OCH3 is 2. The Morgan fingerprint density at radius 3 is 2.62 bits per heavy atom. The average molecular weight is 417 g/mol. The summed E-state index contributed by atoms with van der Waals surface area (Å²) in [6.07, 6.45) is 1.21. The number of esters is 2. The zero-order valence-corrected chi connectivity index (χ0v) is 17.6. The molecule has 1 aliphatic rings. The number of hydrogen-bond acceptors (Lipinski definition) is 7. The monoisotopic (exact) mass is 417 g/mol. The summed E-state index contributed by atoms with van der Waals surface area (Å²) in [7, 11) is 2.58. The van der Waals surface area contributed by atoms with Crippen molar-refractivity contribution in [3.05, 3.63) is 45.3 Å². The van der Waals surface area contributed by atoms with E-state index in [2.05, 4.69) is 5.32 Å². The molecule has 1 aliphatic carbocycles. The van der Waals surface area contributed by atoms with Crippen LogP contribution in [0.4, 0.5) is 5.00 Å². The van der Waals surface area contributed by atoms with Crippen LogP contribution in [0.15, 0.2) is 18.2 Å². The van der Waals surface area contributed by atoms with Crippen LogP contribution >= 0.6 is 11.3 Å². The predicted octanol–water partition coefficient (Wildman–Crippen LogP) is 3.37. The van der Waals surface area contributed by atoms with Crippen molar-refractivity contribution in [3.63, 3.8) is 0 Å². The zero-order valence-electron chi connectivity index (χ0n) is 16.8. The van der Waals surface area contributed by atoms with Gasteiger partial charge in [0.2, 0.25) is 0 Å². The number of anilines is 1. The molecule has 0 aliphatic heterocycles. The molecule has 0 bridgehead atoms. The van der Waals surface area contributed by atoms with Gasteiger partial charge in [0.1, 0.15) is 10.8 Å². The number of thiophene rings is 1. The molecular formula is C21H23NO6S. The van der Waals surface area contributed by atoms with Crippen molar-refractivity contribution in [1.82, 2.24) is 0 Å². The summed E-state index contributed by atoms with van der Waals surface area (Å²) in [6, 6.07) is 5.63. The molecule has 1 aromatic heterocycles. The van der Waals surface area contributed by atoms with Crippen molar-refractivity contribution < 1.29 is 28.6 Å². The fourth-order valence-corrected chi connectivity index (χ4v) is 4.70. The first-order chi connectivity index (χ1) is 13.9. The Morgan fingerprint density at radius 2 is 1.93 bits per heavy atom. The maximum atomic E-state index is 12.5. The van der Waals surface area contributed by atoms with Gasteiger partial charge in [0.05, 0.1) is 25.7 Å². The maximum absolute atomic E-state index is 12.5. The third-order valence-corrected chi connectivity index (χ3v) is 6.25. The number of ether oxygens (including phenoxy) is 3. The van der Waals surface area contributed by atoms with Crippen LogP contribution in [0.5, 0.6) is 5.75 Å². The third-order valence-electron chi connectivity index (χ3n) is 5.07. The maximum Gasteiger partial charge on any atom is 0.341 e. The van der Waals surface area contributed by atoms with Crippen LogP contribution in [0.3, 0.4) is 0 Å². The average Bonchev–Trinajstić information content (AvgIpc) is 3.26. The van der Waals surface area contributed by atoms with Crippen molar-refractivity contribution in [2.45, 2.75) is 32.6 Å². The third kappa shape index (κ3) is 4.12. The van der Waals surface area contributed by atoms with Crippen LogP contribution in [0.25, 0.3) is 0 Å². The molecule has 8 heteroatoms. The Balaban J connectivity index is 1.80. The Kier molecular flexibility index (Phi) is 6.22. The van der Waals surface area contributed by atoms with Gasteiger partial charge in [-0.3, -0.25) is 9.59 Å². The highest BCUT2D eigenvalue weighted by Gasteiger charge is 2.38. The molecule has 154 valence electrons. The summed E-state index contributed by atoms with van der Waals surface area (Å²) in [5.41, 5.74) is 2.85. The molecule has 1 atom stereocenters. The summed E-state index contributed by atoms with van der Waals surface area (Å²) < 4.78 is 15.4. The van der Waals surface area contributed by atoms with Gasteiger partial charge in [-0.1, -0.05) is 12.1 Å². The highest BCUT2D eigenvalue weighted by molar-refractivity contribution is 7.17. The lowest BCUT2D eigenvalue weighted by Gasteiger charge is -2.13. The summed E-state index contributed by atoms with van der Waals surface area (Å²) in [6.45, 7) is 3.69. The predicted molar refractivity (Wildman–Crippen MR) is 109 cm³/mol. The minimum atomic E-state index is -0.593. The van der Waals surface area contributed by atoms with Gasteiger partial charge in [-0.2, -0.15) is 0 Å². The van der Waals surface area contributed by atoms with Crippen molar-refractivity contribution in [1.29, 1.82) is 0 Å². The van der Waals surface area contributed by atoms with Gasteiger partial charge in [-0.05, 0) is 49.4 Å². The van der Waals surface area contributed by atoms with E-state index in [0.717, 1.165) is 16.0 Å². The molecule has 1 aromatic carbocycles. The molecule has 1 N–H and O–H groups in total. The summed E-state index contributed by atoms with van der Waals surface area (Å²) in [5.74, 6) is -1.29. The first-order valence-corrected chi connectivity index (χ1v) is 9.99. The van der Waals surface area contributed by atoms with E-state index in [-0.39, 0.29) is 12.2 Å². The van der Waals surface area contributed by atoms with E-state index in [1.165, 1.54) is 25.6 Å². The van der Waals surface area contributed by atoms with E-state index in [1.807, 2.05) is 26.0 Å². The molecule has 7 nitrogen and oxygen atoms in total. The van der Waals surface area contributed by atoms with Gasteiger partial charge in [0.25, 0.3) is 5.91 Å². The second-order valence-electron chi connectivity index (χ2n) is 6.78. The zero-order chi connectivity index (χ0) is 21.1. The molecule has 0 saturated heterocycles. The lowest BCUT2D eigenvalue weighted by Crippen LogP contribution is -2.22. The number of amides is 1. The summed E-state index contributed by atoms with van der Waals surface area (Å²) in [5, 5.41) is 3.10. The number of benzene rings is 1. The van der Waals surface area contributed by atoms with Crippen molar-refractivity contribution in [2.24, 2.45) is 0 Å². The quantitative estimate of drug-likeness (QED) is 0.725. The highest BCUT2D eigenvalue weighted by atomic mass is 32.1. The number of carbonyl (C=O) groups excluding carboxylic acids is 3. The smallest absolute Gasteiger partial charge is 0.341 e. The Bertz CT molecular complexity index is 964. The standard InChI is InChI=1S/C21H23NO6S/c1-11-6-5-7-14(12(11)2)28-10-16(23)22-19-18(21(25)27-4)17-13(20(24)26-3)8-9-15(17)29-19/h5-7,13H,8-10H2,1-4H3,(H,22,23). The topological polar surface area (TPSA) is 90.9 Å². The minimum Gasteiger partial charge on any atom is -0.483 e. The molecule has 29 heavy (non-hydrogen) atoms. The highest BCUT2D eigenvalue weighted by Crippen LogP contribution is 2.45. The molecule has 1 unspecified atom stereocenters. The SMILES string of the molecule is COC(=O)c1c(NC(=O)COc2cccc(C)c2C)sc2c1C(C(=O)OC)CC2. The van der Waals surface area contributed by atoms with Crippen LogP contribution in [0.2, 0.25) is 0 Å². The van der Waals surface area contributed by atoms with Crippen LogP contribution < -0.4 is 10.1 Å². The fraction of sp³-hybridized carbons (Fsp3) is 0.381. The Hall–Kier alpha value is -2.87. The molecular weight excluding hydrogens is 394 g/mol. The number of rotatable bonds is 6. The number of hydrogen-bond donors (Lipinski definition) is 1. The largest absolute Gasteiger partial charge is 0.483 e. The molecule has 0 fully saturated rings. The van der Waals surface area contributed by atoms with Crippen molar-refractivity contribution in [3.8, 4) is 5.75 Å². The normalized spacial score (nSPS) is 14.8. The second-order valence-corrected chi connectivity index (χ2v) is 7.89. The molecule has 0 radical (unpaired) electrons. The van der Waals surface area contributed by atoms with Crippen molar-refractivity contribution >= 4 is 34.2 Å². The number of nitrogens with one attached hydrogen (secondary N) is 1. The molecule has 3 rings (SSSR count). The number of aryl methyl sites for hydroxylation is 2. The van der Waals surface area contributed by atoms with E-state index >= 15 is 0 Å². The van der Waals surface area contributed by atoms with Gasteiger partial charge < -0.3 is 19.5 Å². The number of carbonyl (C=O) groups is 3. The molecule has 2 aromatic rings. The minimum absolute atomic E-state index is 0.200. The summed E-state index contributed by atoms with van der Waals surface area (Å²) in [4.78, 5) is 37.9. The molecule has 0 spiro atoms. The van der Waals surface area contributed by atoms with E-state index in [9.17, 15) is 14.4 Å².